The Morgan fingerprint density at radius 1 is 0.400 bits per heavy atom. The van der Waals surface area contributed by atoms with Crippen molar-refractivity contribution < 1.29 is 4.42 Å². The van der Waals surface area contributed by atoms with Crippen molar-refractivity contribution in [2.75, 3.05) is 4.90 Å². The molecule has 2 heterocycles. The van der Waals surface area contributed by atoms with Crippen molar-refractivity contribution in [1.82, 2.24) is 4.57 Å². The van der Waals surface area contributed by atoms with Crippen LogP contribution in [0.2, 0.25) is 0 Å². The van der Waals surface area contributed by atoms with Gasteiger partial charge in [0, 0.05) is 44.0 Å². The van der Waals surface area contributed by atoms with Crippen LogP contribution < -0.4 is 4.90 Å². The molecule has 9 aromatic carbocycles. The Hall–Kier alpha value is -7.62. The van der Waals surface area contributed by atoms with Crippen LogP contribution in [0, 0.1) is 0 Å². The number of rotatable bonds is 6. The molecule has 0 bridgehead atoms. The molecule has 2 aromatic heterocycles. The van der Waals surface area contributed by atoms with Crippen molar-refractivity contribution in [2.24, 2.45) is 0 Å². The molecule has 0 amide bonds. The van der Waals surface area contributed by atoms with E-state index >= 15 is 0 Å². The van der Waals surface area contributed by atoms with Crippen LogP contribution in [0.4, 0.5) is 17.1 Å². The van der Waals surface area contributed by atoms with Gasteiger partial charge in [0.05, 0.1) is 16.7 Å². The maximum Gasteiger partial charge on any atom is 0.159 e. The molecule has 60 heavy (non-hydrogen) atoms. The van der Waals surface area contributed by atoms with Crippen LogP contribution in [0.25, 0.3) is 82.8 Å². The Bertz CT molecular complexity index is 3440. The summed E-state index contributed by atoms with van der Waals surface area (Å²) in [5, 5.41) is 4.69. The first-order valence-electron chi connectivity index (χ1n) is 20.8. The molecular weight excluding hydrogens is 729 g/mol. The third kappa shape index (κ3) is 5.22. The Morgan fingerprint density at radius 2 is 0.967 bits per heavy atom. The normalized spacial score (nSPS) is 13.0. The van der Waals surface area contributed by atoms with Crippen LogP contribution in [-0.2, 0) is 5.41 Å². The van der Waals surface area contributed by atoms with Crippen molar-refractivity contribution in [2.45, 2.75) is 19.3 Å². The van der Waals surface area contributed by atoms with E-state index in [1.165, 1.54) is 55.3 Å². The van der Waals surface area contributed by atoms with E-state index < -0.39 is 0 Å². The molecule has 284 valence electrons. The summed E-state index contributed by atoms with van der Waals surface area (Å²) >= 11 is 0. The number of fused-ring (bicyclic) bond motifs is 9. The zero-order valence-electron chi connectivity index (χ0n) is 33.4. The fourth-order valence-electron chi connectivity index (χ4n) is 9.83. The van der Waals surface area contributed by atoms with E-state index in [9.17, 15) is 0 Å². The van der Waals surface area contributed by atoms with Gasteiger partial charge in [0.2, 0.25) is 0 Å². The van der Waals surface area contributed by atoms with Gasteiger partial charge in [0.15, 0.2) is 5.58 Å². The van der Waals surface area contributed by atoms with Gasteiger partial charge in [-0.25, -0.2) is 0 Å². The summed E-state index contributed by atoms with van der Waals surface area (Å²) < 4.78 is 8.88. The van der Waals surface area contributed by atoms with Gasteiger partial charge in [-0.05, 0) is 117 Å². The van der Waals surface area contributed by atoms with Crippen LogP contribution in [0.5, 0.6) is 0 Å². The molecule has 0 unspecified atom stereocenters. The molecule has 12 rings (SSSR count). The van der Waals surface area contributed by atoms with Gasteiger partial charge in [-0.1, -0.05) is 147 Å². The molecule has 11 aromatic rings. The standard InChI is InChI=1S/C57H40N2O/c1-57(2)50-19-9-6-15-44(50)45-33-27-40(36-51(45)57)38-25-31-43(32-26-38)58(41-13-4-3-5-14-41)42-29-23-37(24-30-42)39-28-34-53-49(35-39)46-16-7-10-20-52(46)59(53)54-21-12-18-48-47-17-8-11-22-55(47)60-56(48)54/h3-36H,1-2H3. The number of aromatic nitrogens is 1. The number of benzene rings is 9. The smallest absolute Gasteiger partial charge is 0.159 e. The highest BCUT2D eigenvalue weighted by atomic mass is 16.3. The minimum absolute atomic E-state index is 0.0335. The Kier molecular flexibility index (Phi) is 7.58. The second-order valence-corrected chi connectivity index (χ2v) is 16.5. The largest absolute Gasteiger partial charge is 0.454 e. The topological polar surface area (TPSA) is 21.3 Å². The fourth-order valence-corrected chi connectivity index (χ4v) is 9.83. The Morgan fingerprint density at radius 3 is 1.75 bits per heavy atom. The van der Waals surface area contributed by atoms with Gasteiger partial charge in [0.1, 0.15) is 5.58 Å². The molecule has 0 spiro atoms. The molecule has 3 nitrogen and oxygen atoms in total. The predicted molar refractivity (Wildman–Crippen MR) is 251 cm³/mol. The van der Waals surface area contributed by atoms with E-state index in [0.717, 1.165) is 55.7 Å². The van der Waals surface area contributed by atoms with Crippen molar-refractivity contribution in [3.63, 3.8) is 0 Å². The number of para-hydroxylation sites is 4. The Labute approximate surface area is 349 Å². The summed E-state index contributed by atoms with van der Waals surface area (Å²) in [6.45, 7) is 4.69. The first-order valence-corrected chi connectivity index (χ1v) is 20.8. The van der Waals surface area contributed by atoms with E-state index in [-0.39, 0.29) is 5.41 Å². The summed E-state index contributed by atoms with van der Waals surface area (Å²) in [4.78, 5) is 2.34. The van der Waals surface area contributed by atoms with Crippen molar-refractivity contribution in [1.29, 1.82) is 0 Å². The second kappa shape index (κ2) is 13.2. The van der Waals surface area contributed by atoms with E-state index in [0.29, 0.717) is 0 Å². The first kappa shape index (κ1) is 34.4. The molecule has 0 radical (unpaired) electrons. The van der Waals surface area contributed by atoms with Crippen molar-refractivity contribution in [3.8, 4) is 39.1 Å². The summed E-state index contributed by atoms with van der Waals surface area (Å²) in [7, 11) is 0. The first-order chi connectivity index (χ1) is 29.5. The van der Waals surface area contributed by atoms with E-state index in [1.54, 1.807) is 0 Å². The summed E-state index contributed by atoms with van der Waals surface area (Å²) in [6, 6.07) is 74.8. The zero-order chi connectivity index (χ0) is 40.0. The minimum atomic E-state index is -0.0335. The van der Waals surface area contributed by atoms with Gasteiger partial charge in [-0.15, -0.1) is 0 Å². The van der Waals surface area contributed by atoms with Gasteiger partial charge in [-0.2, -0.15) is 0 Å². The van der Waals surface area contributed by atoms with Crippen LogP contribution in [0.3, 0.4) is 0 Å². The second-order valence-electron chi connectivity index (χ2n) is 16.5. The van der Waals surface area contributed by atoms with Crippen LogP contribution >= 0.6 is 0 Å². The lowest BCUT2D eigenvalue weighted by Gasteiger charge is -2.26. The SMILES string of the molecule is CC1(C)c2ccccc2-c2ccc(-c3ccc(N(c4ccccc4)c4ccc(-c5ccc6c(c5)c5ccccc5n6-c5cccc6c5oc5ccccc56)cc4)cc3)cc21. The number of hydrogen-bond donors (Lipinski definition) is 0. The molecule has 1 aliphatic carbocycles. The molecule has 0 N–H and O–H groups in total. The van der Waals surface area contributed by atoms with E-state index in [2.05, 4.69) is 217 Å². The quantitative estimate of drug-likeness (QED) is 0.168. The molecule has 0 saturated carbocycles. The average Bonchev–Trinajstić information content (AvgIpc) is 3.92. The molecule has 0 saturated heterocycles. The summed E-state index contributed by atoms with van der Waals surface area (Å²) in [5.41, 5.74) is 18.7. The average molecular weight is 769 g/mol. The highest BCUT2D eigenvalue weighted by Crippen LogP contribution is 2.50. The van der Waals surface area contributed by atoms with Gasteiger partial charge in [-0.3, -0.25) is 0 Å². The lowest BCUT2D eigenvalue weighted by Crippen LogP contribution is -2.14. The summed E-state index contributed by atoms with van der Waals surface area (Å²) in [6.07, 6.45) is 0. The minimum Gasteiger partial charge on any atom is -0.454 e. The van der Waals surface area contributed by atoms with E-state index in [4.69, 9.17) is 4.42 Å². The van der Waals surface area contributed by atoms with Gasteiger partial charge < -0.3 is 13.9 Å². The third-order valence-electron chi connectivity index (χ3n) is 12.8. The maximum absolute atomic E-state index is 6.53. The number of anilines is 3. The highest BCUT2D eigenvalue weighted by Gasteiger charge is 2.35. The number of furan rings is 1. The Balaban J connectivity index is 0.899. The lowest BCUT2D eigenvalue weighted by molar-refractivity contribution is 0.660. The van der Waals surface area contributed by atoms with Crippen LogP contribution in [0.15, 0.2) is 211 Å². The highest BCUT2D eigenvalue weighted by molar-refractivity contribution is 6.13. The van der Waals surface area contributed by atoms with Crippen molar-refractivity contribution >= 4 is 60.8 Å². The zero-order valence-corrected chi connectivity index (χ0v) is 33.4. The van der Waals surface area contributed by atoms with Gasteiger partial charge in [0.25, 0.3) is 0 Å². The third-order valence-corrected chi connectivity index (χ3v) is 12.8. The molecule has 0 aliphatic heterocycles. The molecule has 1 aliphatic rings. The fraction of sp³-hybridized carbons (Fsp3) is 0.0526. The van der Waals surface area contributed by atoms with Crippen molar-refractivity contribution in [3.05, 3.63) is 217 Å². The molecular formula is C57H40N2O. The summed E-state index contributed by atoms with van der Waals surface area (Å²) in [5.74, 6) is 0. The predicted octanol–water partition coefficient (Wildman–Crippen LogP) is 15.8. The molecule has 0 fully saturated rings. The maximum atomic E-state index is 6.53. The lowest BCUT2D eigenvalue weighted by atomic mass is 9.81. The van der Waals surface area contributed by atoms with E-state index in [1.807, 2.05) is 12.1 Å². The van der Waals surface area contributed by atoms with Crippen LogP contribution in [0.1, 0.15) is 25.0 Å². The number of hydrogen-bond acceptors (Lipinski definition) is 2. The van der Waals surface area contributed by atoms with Crippen LogP contribution in [-0.4, -0.2) is 4.57 Å². The molecule has 0 atom stereocenters. The monoisotopic (exact) mass is 768 g/mol. The molecule has 3 heteroatoms. The number of nitrogens with zero attached hydrogens (tertiary/aromatic N) is 2. The van der Waals surface area contributed by atoms with Gasteiger partial charge >= 0.3 is 0 Å².